The number of aliphatic hydroxyl groups is 1. The van der Waals surface area contributed by atoms with Crippen LogP contribution < -0.4 is 0 Å². The van der Waals surface area contributed by atoms with Gasteiger partial charge in [-0.2, -0.15) is 0 Å². The summed E-state index contributed by atoms with van der Waals surface area (Å²) in [4.78, 5) is 0. The van der Waals surface area contributed by atoms with Crippen molar-refractivity contribution in [3.63, 3.8) is 0 Å². The Morgan fingerprint density at radius 2 is 2.00 bits per heavy atom. The van der Waals surface area contributed by atoms with Gasteiger partial charge in [0.05, 0.1) is 12.7 Å². The van der Waals surface area contributed by atoms with Gasteiger partial charge in [0, 0.05) is 6.61 Å². The van der Waals surface area contributed by atoms with Crippen LogP contribution in [-0.4, -0.2) is 24.4 Å². The van der Waals surface area contributed by atoms with Crippen molar-refractivity contribution in [3.05, 3.63) is 0 Å². The molecule has 2 nitrogen and oxygen atoms in total. The lowest BCUT2D eigenvalue weighted by molar-refractivity contribution is 0.110. The molecule has 0 unspecified atom stereocenters. The predicted molar refractivity (Wildman–Crippen MR) is 42.3 cm³/mol. The van der Waals surface area contributed by atoms with Crippen LogP contribution >= 0.6 is 0 Å². The minimum atomic E-state index is 0.251. The van der Waals surface area contributed by atoms with Crippen LogP contribution in [0.15, 0.2) is 0 Å². The fourth-order valence-corrected chi connectivity index (χ4v) is 2.22. The van der Waals surface area contributed by atoms with E-state index in [2.05, 4.69) is 0 Å². The molecule has 1 aliphatic carbocycles. The molecule has 0 aromatic carbocycles. The van der Waals surface area contributed by atoms with Crippen LogP contribution in [0.5, 0.6) is 0 Å². The fourth-order valence-electron chi connectivity index (χ4n) is 2.22. The highest BCUT2D eigenvalue weighted by molar-refractivity contribution is 4.89. The molecule has 2 fully saturated rings. The Hall–Kier alpha value is -0.0800. The third-order valence-corrected chi connectivity index (χ3v) is 3.06. The van der Waals surface area contributed by atoms with Gasteiger partial charge < -0.3 is 9.84 Å². The zero-order chi connectivity index (χ0) is 7.73. The van der Waals surface area contributed by atoms with Crippen LogP contribution in [-0.2, 0) is 4.74 Å². The van der Waals surface area contributed by atoms with Crippen LogP contribution in [0.2, 0.25) is 0 Å². The number of hydrogen-bond donors (Lipinski definition) is 1. The van der Waals surface area contributed by atoms with Crippen molar-refractivity contribution in [1.29, 1.82) is 0 Å². The van der Waals surface area contributed by atoms with Crippen molar-refractivity contribution in [2.75, 3.05) is 13.2 Å². The van der Waals surface area contributed by atoms with Crippen molar-refractivity contribution in [2.24, 2.45) is 5.41 Å². The molecule has 0 amide bonds. The molecule has 0 spiro atoms. The number of hydrogen-bond acceptors (Lipinski definition) is 2. The topological polar surface area (TPSA) is 32.8 Å². The molecule has 0 aromatic heterocycles. The highest BCUT2D eigenvalue weighted by atomic mass is 16.6. The molecular formula is C9H16O2. The SMILES string of the molecule is OCC1(C[C@@H]2CO2)CCCC1. The van der Waals surface area contributed by atoms with Gasteiger partial charge in [-0.1, -0.05) is 12.8 Å². The third kappa shape index (κ3) is 1.57. The van der Waals surface area contributed by atoms with E-state index in [1.807, 2.05) is 0 Å². The molecule has 1 saturated carbocycles. The molecule has 11 heavy (non-hydrogen) atoms. The molecule has 64 valence electrons. The molecule has 1 aliphatic heterocycles. The second kappa shape index (κ2) is 2.76. The predicted octanol–water partition coefficient (Wildman–Crippen LogP) is 1.33. The standard InChI is InChI=1S/C9H16O2/c10-7-9(3-1-2-4-9)5-8-6-11-8/h8,10H,1-7H2/t8-/m1/s1. The minimum Gasteiger partial charge on any atom is -0.396 e. The summed E-state index contributed by atoms with van der Waals surface area (Å²) >= 11 is 0. The maximum atomic E-state index is 9.24. The molecule has 0 bridgehead atoms. The second-order valence-electron chi connectivity index (χ2n) is 4.02. The van der Waals surface area contributed by atoms with E-state index >= 15 is 0 Å². The summed E-state index contributed by atoms with van der Waals surface area (Å²) < 4.78 is 5.19. The number of rotatable bonds is 3. The van der Waals surface area contributed by atoms with E-state index in [1.54, 1.807) is 0 Å². The summed E-state index contributed by atoms with van der Waals surface area (Å²) in [6.45, 7) is 1.30. The molecule has 2 aliphatic rings. The van der Waals surface area contributed by atoms with Crippen molar-refractivity contribution < 1.29 is 9.84 Å². The Balaban J connectivity index is 1.91. The van der Waals surface area contributed by atoms with E-state index < -0.39 is 0 Å². The average Bonchev–Trinajstić information content (AvgIpc) is 2.68. The quantitative estimate of drug-likeness (QED) is 0.625. The average molecular weight is 156 g/mol. The Labute approximate surface area is 67.6 Å². The van der Waals surface area contributed by atoms with Crippen LogP contribution in [0.1, 0.15) is 32.1 Å². The number of aliphatic hydroxyl groups excluding tert-OH is 1. The molecular weight excluding hydrogens is 140 g/mol. The van der Waals surface area contributed by atoms with E-state index in [9.17, 15) is 5.11 Å². The van der Waals surface area contributed by atoms with Crippen molar-refractivity contribution >= 4 is 0 Å². The normalized spacial score (nSPS) is 34.1. The molecule has 1 heterocycles. The largest absolute Gasteiger partial charge is 0.396 e. The summed E-state index contributed by atoms with van der Waals surface area (Å²) in [6.07, 6.45) is 6.61. The van der Waals surface area contributed by atoms with Gasteiger partial charge in [-0.25, -0.2) is 0 Å². The maximum Gasteiger partial charge on any atom is 0.0816 e. The van der Waals surface area contributed by atoms with E-state index in [4.69, 9.17) is 4.74 Å². The first-order chi connectivity index (χ1) is 5.35. The van der Waals surface area contributed by atoms with Crippen molar-refractivity contribution in [3.8, 4) is 0 Å². The van der Waals surface area contributed by atoms with Crippen LogP contribution in [0.3, 0.4) is 0 Å². The highest BCUT2D eigenvalue weighted by Crippen LogP contribution is 2.43. The summed E-state index contributed by atoms with van der Waals surface area (Å²) in [5.74, 6) is 0. The van der Waals surface area contributed by atoms with E-state index in [-0.39, 0.29) is 5.41 Å². The Morgan fingerprint density at radius 3 is 2.45 bits per heavy atom. The van der Waals surface area contributed by atoms with Gasteiger partial charge in [-0.05, 0) is 24.7 Å². The third-order valence-electron chi connectivity index (χ3n) is 3.06. The Morgan fingerprint density at radius 1 is 1.36 bits per heavy atom. The van der Waals surface area contributed by atoms with E-state index in [0.717, 1.165) is 13.0 Å². The lowest BCUT2D eigenvalue weighted by atomic mass is 9.82. The summed E-state index contributed by atoms with van der Waals surface area (Å²) in [6, 6.07) is 0. The smallest absolute Gasteiger partial charge is 0.0816 e. The minimum absolute atomic E-state index is 0.251. The molecule has 0 radical (unpaired) electrons. The first-order valence-electron chi connectivity index (χ1n) is 4.57. The van der Waals surface area contributed by atoms with Gasteiger partial charge in [0.15, 0.2) is 0 Å². The van der Waals surface area contributed by atoms with Gasteiger partial charge >= 0.3 is 0 Å². The monoisotopic (exact) mass is 156 g/mol. The first-order valence-corrected chi connectivity index (χ1v) is 4.57. The summed E-state index contributed by atoms with van der Waals surface area (Å²) in [7, 11) is 0. The second-order valence-corrected chi connectivity index (χ2v) is 4.02. The zero-order valence-electron chi connectivity index (χ0n) is 6.88. The van der Waals surface area contributed by atoms with E-state index in [1.165, 1.54) is 25.7 Å². The molecule has 0 aromatic rings. The Bertz CT molecular complexity index is 134. The van der Waals surface area contributed by atoms with Gasteiger partial charge in [-0.3, -0.25) is 0 Å². The van der Waals surface area contributed by atoms with Crippen LogP contribution in [0, 0.1) is 5.41 Å². The lowest BCUT2D eigenvalue weighted by Crippen LogP contribution is -2.23. The van der Waals surface area contributed by atoms with Gasteiger partial charge in [0.2, 0.25) is 0 Å². The molecule has 1 saturated heterocycles. The van der Waals surface area contributed by atoms with Crippen molar-refractivity contribution in [1.82, 2.24) is 0 Å². The first kappa shape index (κ1) is 7.56. The lowest BCUT2D eigenvalue weighted by Gasteiger charge is -2.24. The van der Waals surface area contributed by atoms with E-state index in [0.29, 0.717) is 12.7 Å². The maximum absolute atomic E-state index is 9.24. The van der Waals surface area contributed by atoms with Gasteiger partial charge in [0.1, 0.15) is 0 Å². The van der Waals surface area contributed by atoms with Gasteiger partial charge in [-0.15, -0.1) is 0 Å². The highest BCUT2D eigenvalue weighted by Gasteiger charge is 2.39. The van der Waals surface area contributed by atoms with Crippen LogP contribution in [0.4, 0.5) is 0 Å². The number of ether oxygens (including phenoxy) is 1. The van der Waals surface area contributed by atoms with Crippen molar-refractivity contribution in [2.45, 2.75) is 38.2 Å². The molecule has 2 heteroatoms. The zero-order valence-corrected chi connectivity index (χ0v) is 6.88. The van der Waals surface area contributed by atoms with Gasteiger partial charge in [0.25, 0.3) is 0 Å². The summed E-state index contributed by atoms with van der Waals surface area (Å²) in [5, 5.41) is 9.24. The molecule has 1 N–H and O–H groups in total. The molecule has 1 atom stereocenters. The Kier molecular flexibility index (Phi) is 1.90. The fraction of sp³-hybridized carbons (Fsp3) is 1.00. The summed E-state index contributed by atoms with van der Waals surface area (Å²) in [5.41, 5.74) is 0.251. The van der Waals surface area contributed by atoms with Crippen LogP contribution in [0.25, 0.3) is 0 Å². The molecule has 2 rings (SSSR count). The number of epoxide rings is 1.